The van der Waals surface area contributed by atoms with Crippen LogP contribution in [0.1, 0.15) is 39.5 Å². The molecule has 1 aromatic carbocycles. The number of anilines is 1. The molecule has 0 saturated heterocycles. The standard InChI is InChI=1S/C21H23ClFNO6S/c1-4-30-19(26)11-31-18-10-17(16(23)9-15(18)22)24(12(2)25)20(27)13-7-5-6-8-14(13)21(28)29-3/h9-10H,4-8,11H2,1-3H3. The summed E-state index contributed by atoms with van der Waals surface area (Å²) < 4.78 is 24.4. The van der Waals surface area contributed by atoms with Gasteiger partial charge in [0.15, 0.2) is 0 Å². The van der Waals surface area contributed by atoms with Crippen LogP contribution in [0.3, 0.4) is 0 Å². The number of halogens is 2. The van der Waals surface area contributed by atoms with Crippen LogP contribution in [0.4, 0.5) is 10.1 Å². The quantitative estimate of drug-likeness (QED) is 0.437. The number of carbonyl (C=O) groups excluding carboxylic acids is 4. The van der Waals surface area contributed by atoms with E-state index in [-0.39, 0.29) is 40.6 Å². The average Bonchev–Trinajstić information content (AvgIpc) is 2.73. The molecule has 1 aliphatic rings. The van der Waals surface area contributed by atoms with Crippen molar-refractivity contribution in [2.75, 3.05) is 24.4 Å². The van der Waals surface area contributed by atoms with Crippen LogP contribution in [0.15, 0.2) is 28.2 Å². The van der Waals surface area contributed by atoms with Gasteiger partial charge in [0.2, 0.25) is 5.91 Å². The molecule has 0 atom stereocenters. The minimum Gasteiger partial charge on any atom is -0.466 e. The van der Waals surface area contributed by atoms with Gasteiger partial charge in [-0.15, -0.1) is 11.8 Å². The van der Waals surface area contributed by atoms with Crippen LogP contribution in [-0.4, -0.2) is 43.2 Å². The largest absolute Gasteiger partial charge is 0.466 e. The van der Waals surface area contributed by atoms with E-state index in [1.54, 1.807) is 6.92 Å². The van der Waals surface area contributed by atoms with Gasteiger partial charge in [-0.2, -0.15) is 0 Å². The van der Waals surface area contributed by atoms with Gasteiger partial charge in [0, 0.05) is 23.0 Å². The molecule has 0 fully saturated rings. The van der Waals surface area contributed by atoms with Gasteiger partial charge in [-0.3, -0.25) is 14.4 Å². The Morgan fingerprint density at radius 1 is 1.16 bits per heavy atom. The zero-order chi connectivity index (χ0) is 23.1. The fourth-order valence-corrected chi connectivity index (χ4v) is 4.25. The molecule has 0 bridgehead atoms. The third kappa shape index (κ3) is 6.07. The third-order valence-electron chi connectivity index (χ3n) is 4.57. The van der Waals surface area contributed by atoms with E-state index in [1.807, 2.05) is 0 Å². The van der Waals surface area contributed by atoms with Crippen LogP contribution < -0.4 is 4.90 Å². The number of amides is 2. The molecule has 168 valence electrons. The van der Waals surface area contributed by atoms with Crippen molar-refractivity contribution in [3.63, 3.8) is 0 Å². The number of esters is 2. The summed E-state index contributed by atoms with van der Waals surface area (Å²) in [6, 6.07) is 2.21. The molecule has 2 amide bonds. The molecule has 0 N–H and O–H groups in total. The predicted octanol–water partition coefficient (Wildman–Crippen LogP) is 4.06. The zero-order valence-corrected chi connectivity index (χ0v) is 19.0. The Hall–Kier alpha value is -2.39. The summed E-state index contributed by atoms with van der Waals surface area (Å²) in [4.78, 5) is 50.3. The second-order valence-electron chi connectivity index (χ2n) is 6.64. The number of rotatable bonds is 7. The molecule has 7 nitrogen and oxygen atoms in total. The number of ether oxygens (including phenoxy) is 2. The first-order chi connectivity index (χ1) is 14.7. The molecule has 2 rings (SSSR count). The van der Waals surface area contributed by atoms with Gasteiger partial charge in [-0.1, -0.05) is 11.6 Å². The summed E-state index contributed by atoms with van der Waals surface area (Å²) in [5.74, 6) is -3.60. The molecule has 0 spiro atoms. The average molecular weight is 472 g/mol. The van der Waals surface area contributed by atoms with E-state index in [0.717, 1.165) is 24.8 Å². The molecule has 10 heteroatoms. The maximum absolute atomic E-state index is 14.8. The Morgan fingerprint density at radius 2 is 1.81 bits per heavy atom. The van der Waals surface area contributed by atoms with Gasteiger partial charge in [0.25, 0.3) is 5.91 Å². The molecule has 1 aromatic rings. The molecule has 0 unspecified atom stereocenters. The summed E-state index contributed by atoms with van der Waals surface area (Å²) in [5.41, 5.74) is 0.00945. The van der Waals surface area contributed by atoms with Gasteiger partial charge in [0.05, 0.1) is 30.2 Å². The lowest BCUT2D eigenvalue weighted by Gasteiger charge is -2.25. The number of carbonyl (C=O) groups is 4. The molecular formula is C21H23ClFNO6S. The number of methoxy groups -OCH3 is 1. The predicted molar refractivity (Wildman–Crippen MR) is 114 cm³/mol. The minimum atomic E-state index is -0.884. The van der Waals surface area contributed by atoms with Crippen molar-refractivity contribution in [1.82, 2.24) is 0 Å². The van der Waals surface area contributed by atoms with Crippen LogP contribution in [0.5, 0.6) is 0 Å². The van der Waals surface area contributed by atoms with Crippen molar-refractivity contribution >= 4 is 52.8 Å². The first-order valence-corrected chi connectivity index (χ1v) is 11.0. The first-order valence-electron chi connectivity index (χ1n) is 9.64. The molecule has 1 aliphatic carbocycles. The maximum atomic E-state index is 14.8. The topological polar surface area (TPSA) is 90.0 Å². The van der Waals surface area contributed by atoms with E-state index in [9.17, 15) is 23.6 Å². The summed E-state index contributed by atoms with van der Waals surface area (Å²) in [6.45, 7) is 3.01. The second-order valence-corrected chi connectivity index (χ2v) is 8.07. The fraction of sp³-hybridized carbons (Fsp3) is 0.429. The molecule has 31 heavy (non-hydrogen) atoms. The summed E-state index contributed by atoms with van der Waals surface area (Å²) in [5, 5.41) is 0.0265. The van der Waals surface area contributed by atoms with Gasteiger partial charge >= 0.3 is 11.9 Å². The van der Waals surface area contributed by atoms with Gasteiger partial charge in [-0.05, 0) is 44.7 Å². The number of benzene rings is 1. The lowest BCUT2D eigenvalue weighted by Crippen LogP contribution is -2.38. The molecular weight excluding hydrogens is 449 g/mol. The summed E-state index contributed by atoms with van der Waals surface area (Å²) in [6.07, 6.45) is 1.96. The van der Waals surface area contributed by atoms with Gasteiger partial charge in [-0.25, -0.2) is 14.1 Å². The van der Waals surface area contributed by atoms with Crippen molar-refractivity contribution in [2.24, 2.45) is 0 Å². The smallest absolute Gasteiger partial charge is 0.334 e. The highest BCUT2D eigenvalue weighted by atomic mass is 35.5. The van der Waals surface area contributed by atoms with E-state index in [1.165, 1.54) is 13.2 Å². The molecule has 0 radical (unpaired) electrons. The highest BCUT2D eigenvalue weighted by Crippen LogP contribution is 2.36. The monoisotopic (exact) mass is 471 g/mol. The van der Waals surface area contributed by atoms with Crippen LogP contribution in [0.2, 0.25) is 5.02 Å². The van der Waals surface area contributed by atoms with Crippen molar-refractivity contribution in [2.45, 2.75) is 44.4 Å². The van der Waals surface area contributed by atoms with E-state index < -0.39 is 29.6 Å². The van der Waals surface area contributed by atoms with Gasteiger partial charge < -0.3 is 9.47 Å². The number of thioether (sulfide) groups is 1. The van der Waals surface area contributed by atoms with Gasteiger partial charge in [0.1, 0.15) is 5.82 Å². The Labute approximate surface area is 188 Å². The lowest BCUT2D eigenvalue weighted by atomic mass is 9.90. The molecule has 0 aromatic heterocycles. The number of hydrogen-bond donors (Lipinski definition) is 0. The molecule has 0 aliphatic heterocycles. The fourth-order valence-electron chi connectivity index (χ4n) is 3.19. The summed E-state index contributed by atoms with van der Waals surface area (Å²) >= 11 is 7.08. The highest BCUT2D eigenvalue weighted by Gasteiger charge is 2.32. The van der Waals surface area contributed by atoms with Crippen molar-refractivity contribution in [3.05, 3.63) is 34.1 Å². The van der Waals surface area contributed by atoms with E-state index in [4.69, 9.17) is 21.1 Å². The number of nitrogens with zero attached hydrogens (tertiary/aromatic N) is 1. The Morgan fingerprint density at radius 3 is 2.39 bits per heavy atom. The normalized spacial score (nSPS) is 13.6. The van der Waals surface area contributed by atoms with Crippen molar-refractivity contribution < 1.29 is 33.0 Å². The Balaban J connectivity index is 2.46. The molecule has 0 heterocycles. The third-order valence-corrected chi connectivity index (χ3v) is 6.02. The second kappa shape index (κ2) is 11.3. The van der Waals surface area contributed by atoms with Crippen LogP contribution >= 0.6 is 23.4 Å². The highest BCUT2D eigenvalue weighted by molar-refractivity contribution is 8.00. The lowest BCUT2D eigenvalue weighted by molar-refractivity contribution is -0.140. The first kappa shape index (κ1) is 24.9. The van der Waals surface area contributed by atoms with E-state index >= 15 is 0 Å². The van der Waals surface area contributed by atoms with E-state index in [2.05, 4.69) is 0 Å². The van der Waals surface area contributed by atoms with Crippen molar-refractivity contribution in [3.8, 4) is 0 Å². The van der Waals surface area contributed by atoms with Crippen LogP contribution in [0.25, 0.3) is 0 Å². The minimum absolute atomic E-state index is 0.0265. The van der Waals surface area contributed by atoms with Crippen LogP contribution in [-0.2, 0) is 28.7 Å². The van der Waals surface area contributed by atoms with E-state index in [0.29, 0.717) is 29.1 Å². The van der Waals surface area contributed by atoms with Crippen LogP contribution in [0, 0.1) is 5.82 Å². The van der Waals surface area contributed by atoms with Crippen molar-refractivity contribution in [1.29, 1.82) is 0 Å². The zero-order valence-electron chi connectivity index (χ0n) is 17.5. The number of imide groups is 1. The number of hydrogen-bond acceptors (Lipinski definition) is 7. The molecule has 0 saturated carbocycles. The maximum Gasteiger partial charge on any atom is 0.334 e. The summed E-state index contributed by atoms with van der Waals surface area (Å²) in [7, 11) is 1.21. The Kier molecular flexibility index (Phi) is 9.06. The Bertz CT molecular complexity index is 933. The SMILES string of the molecule is CCOC(=O)CSc1cc(N(C(C)=O)C(=O)C2=C(C(=O)OC)CCCC2)c(F)cc1Cl.